The standard InChI is InChI=1S/C10H22NO3P/c1-10(2,3)8-6-7-9(11-8)15(12,13-4)14-5/h8-9,11H,6-7H2,1-5H3/t8-,9-/m1/s1. The van der Waals surface area contributed by atoms with E-state index in [0.29, 0.717) is 6.04 Å². The van der Waals surface area contributed by atoms with E-state index in [-0.39, 0.29) is 11.2 Å². The fourth-order valence-electron chi connectivity index (χ4n) is 1.98. The molecule has 0 radical (unpaired) electrons. The van der Waals surface area contributed by atoms with Crippen LogP contribution in [0.5, 0.6) is 0 Å². The Morgan fingerprint density at radius 1 is 1.20 bits per heavy atom. The quantitative estimate of drug-likeness (QED) is 0.764. The van der Waals surface area contributed by atoms with Crippen molar-refractivity contribution in [1.82, 2.24) is 5.32 Å². The van der Waals surface area contributed by atoms with Crippen LogP contribution in [0.15, 0.2) is 0 Å². The van der Waals surface area contributed by atoms with Gasteiger partial charge in [-0.3, -0.25) is 4.57 Å². The molecule has 1 rings (SSSR count). The van der Waals surface area contributed by atoms with E-state index < -0.39 is 7.60 Å². The molecule has 1 N–H and O–H groups in total. The summed E-state index contributed by atoms with van der Waals surface area (Å²) in [7, 11) is -0.0651. The molecule has 1 fully saturated rings. The lowest BCUT2D eigenvalue weighted by Gasteiger charge is -2.29. The van der Waals surface area contributed by atoms with Crippen LogP contribution in [0.3, 0.4) is 0 Å². The van der Waals surface area contributed by atoms with Crippen LogP contribution < -0.4 is 5.32 Å². The van der Waals surface area contributed by atoms with Crippen molar-refractivity contribution in [1.29, 1.82) is 0 Å². The molecule has 0 unspecified atom stereocenters. The molecule has 15 heavy (non-hydrogen) atoms. The van der Waals surface area contributed by atoms with Crippen molar-refractivity contribution >= 4 is 7.60 Å². The number of nitrogens with one attached hydrogen (secondary N) is 1. The maximum Gasteiger partial charge on any atom is 0.346 e. The van der Waals surface area contributed by atoms with Crippen molar-refractivity contribution in [3.8, 4) is 0 Å². The van der Waals surface area contributed by atoms with Gasteiger partial charge in [-0.1, -0.05) is 20.8 Å². The molecule has 0 aromatic rings. The SMILES string of the molecule is COP(=O)(OC)[C@@H]1CC[C@H](C(C)(C)C)N1. The first-order chi connectivity index (χ1) is 6.83. The van der Waals surface area contributed by atoms with Gasteiger partial charge in [-0.15, -0.1) is 0 Å². The Labute approximate surface area is 92.3 Å². The maximum absolute atomic E-state index is 12.1. The molecule has 2 atom stereocenters. The van der Waals surface area contributed by atoms with E-state index in [0.717, 1.165) is 12.8 Å². The lowest BCUT2D eigenvalue weighted by Crippen LogP contribution is -2.38. The van der Waals surface area contributed by atoms with Gasteiger partial charge in [0.1, 0.15) is 5.78 Å². The zero-order valence-electron chi connectivity index (χ0n) is 10.2. The van der Waals surface area contributed by atoms with Crippen LogP contribution in [0.4, 0.5) is 0 Å². The third-order valence-electron chi connectivity index (χ3n) is 3.06. The number of rotatable bonds is 3. The fraction of sp³-hybridized carbons (Fsp3) is 1.00. The summed E-state index contributed by atoms with van der Waals surface area (Å²) in [6.45, 7) is 6.53. The summed E-state index contributed by atoms with van der Waals surface area (Å²) in [5, 5.41) is 3.36. The van der Waals surface area contributed by atoms with Gasteiger partial charge in [0.25, 0.3) is 0 Å². The monoisotopic (exact) mass is 235 g/mol. The normalized spacial score (nSPS) is 28.3. The van der Waals surface area contributed by atoms with Crippen molar-refractivity contribution in [2.45, 2.75) is 45.4 Å². The molecule has 1 saturated heterocycles. The van der Waals surface area contributed by atoms with E-state index in [1.165, 1.54) is 14.2 Å². The highest BCUT2D eigenvalue weighted by Gasteiger charge is 2.42. The Morgan fingerprint density at radius 3 is 2.07 bits per heavy atom. The highest BCUT2D eigenvalue weighted by molar-refractivity contribution is 7.54. The second kappa shape index (κ2) is 4.54. The average molecular weight is 235 g/mol. The Balaban J connectivity index is 2.68. The minimum atomic E-state index is -2.95. The molecule has 1 aliphatic heterocycles. The van der Waals surface area contributed by atoms with E-state index >= 15 is 0 Å². The highest BCUT2D eigenvalue weighted by atomic mass is 31.2. The van der Waals surface area contributed by atoms with Crippen molar-refractivity contribution < 1.29 is 13.6 Å². The molecule has 1 aliphatic rings. The van der Waals surface area contributed by atoms with Crippen LogP contribution in [-0.2, 0) is 13.6 Å². The van der Waals surface area contributed by atoms with Gasteiger partial charge in [0.2, 0.25) is 0 Å². The summed E-state index contributed by atoms with van der Waals surface area (Å²) < 4.78 is 22.1. The summed E-state index contributed by atoms with van der Waals surface area (Å²) in [4.78, 5) is 0. The topological polar surface area (TPSA) is 47.6 Å². The Hall–Kier alpha value is 0.110. The van der Waals surface area contributed by atoms with Gasteiger partial charge in [0.05, 0.1) is 0 Å². The average Bonchev–Trinajstić information content (AvgIpc) is 2.65. The number of hydrogen-bond acceptors (Lipinski definition) is 4. The van der Waals surface area contributed by atoms with Gasteiger partial charge >= 0.3 is 7.60 Å². The molecule has 90 valence electrons. The second-order valence-electron chi connectivity index (χ2n) is 5.08. The third-order valence-corrected chi connectivity index (χ3v) is 5.25. The van der Waals surface area contributed by atoms with Gasteiger partial charge in [0, 0.05) is 20.3 Å². The van der Waals surface area contributed by atoms with Crippen LogP contribution in [0, 0.1) is 5.41 Å². The summed E-state index contributed by atoms with van der Waals surface area (Å²) in [6.07, 6.45) is 1.87. The van der Waals surface area contributed by atoms with E-state index in [2.05, 4.69) is 26.1 Å². The molecule has 0 spiro atoms. The van der Waals surface area contributed by atoms with Crippen molar-refractivity contribution in [2.75, 3.05) is 14.2 Å². The minimum Gasteiger partial charge on any atom is -0.311 e. The third kappa shape index (κ3) is 2.82. The molecule has 0 aromatic heterocycles. The molecule has 0 bridgehead atoms. The first-order valence-corrected chi connectivity index (χ1v) is 6.92. The second-order valence-corrected chi connectivity index (χ2v) is 7.52. The van der Waals surface area contributed by atoms with Gasteiger partial charge < -0.3 is 14.4 Å². The van der Waals surface area contributed by atoms with Crippen molar-refractivity contribution in [3.63, 3.8) is 0 Å². The summed E-state index contributed by atoms with van der Waals surface area (Å²) >= 11 is 0. The molecule has 5 heteroatoms. The molecule has 0 amide bonds. The van der Waals surface area contributed by atoms with E-state index in [1.807, 2.05) is 0 Å². The van der Waals surface area contributed by atoms with Gasteiger partial charge in [0.15, 0.2) is 0 Å². The van der Waals surface area contributed by atoms with Crippen LogP contribution in [-0.4, -0.2) is 26.0 Å². The van der Waals surface area contributed by atoms with Crippen LogP contribution in [0.1, 0.15) is 33.6 Å². The lowest BCUT2D eigenvalue weighted by molar-refractivity contribution is 0.252. The van der Waals surface area contributed by atoms with Crippen LogP contribution in [0.25, 0.3) is 0 Å². The zero-order chi connectivity index (χ0) is 11.7. The zero-order valence-corrected chi connectivity index (χ0v) is 11.1. The Kier molecular flexibility index (Phi) is 3.99. The van der Waals surface area contributed by atoms with Crippen molar-refractivity contribution in [3.05, 3.63) is 0 Å². The van der Waals surface area contributed by atoms with E-state index in [4.69, 9.17) is 9.05 Å². The molecule has 0 aliphatic carbocycles. The van der Waals surface area contributed by atoms with Gasteiger partial charge in [-0.05, 0) is 18.3 Å². The lowest BCUT2D eigenvalue weighted by atomic mass is 9.86. The molecular formula is C10H22NO3P. The first kappa shape index (κ1) is 13.2. The predicted octanol–water partition coefficient (Wildman–Crippen LogP) is 2.60. The van der Waals surface area contributed by atoms with Crippen LogP contribution in [0.2, 0.25) is 0 Å². The summed E-state index contributed by atoms with van der Waals surface area (Å²) in [6, 6.07) is 0.376. The Morgan fingerprint density at radius 2 is 1.73 bits per heavy atom. The largest absolute Gasteiger partial charge is 0.346 e. The smallest absolute Gasteiger partial charge is 0.311 e. The van der Waals surface area contributed by atoms with Crippen LogP contribution >= 0.6 is 7.60 Å². The molecule has 4 nitrogen and oxygen atoms in total. The maximum atomic E-state index is 12.1. The molecule has 0 saturated carbocycles. The predicted molar refractivity (Wildman–Crippen MR) is 61.0 cm³/mol. The first-order valence-electron chi connectivity index (χ1n) is 5.30. The number of hydrogen-bond donors (Lipinski definition) is 1. The summed E-state index contributed by atoms with van der Waals surface area (Å²) in [5.41, 5.74) is 0.182. The fourth-order valence-corrected chi connectivity index (χ4v) is 3.47. The summed E-state index contributed by atoms with van der Waals surface area (Å²) in [5.74, 6) is -0.156. The van der Waals surface area contributed by atoms with E-state index in [9.17, 15) is 4.57 Å². The minimum absolute atomic E-state index is 0.156. The highest BCUT2D eigenvalue weighted by Crippen LogP contribution is 2.54. The molecule has 1 heterocycles. The Bertz CT molecular complexity index is 254. The van der Waals surface area contributed by atoms with Gasteiger partial charge in [-0.2, -0.15) is 0 Å². The van der Waals surface area contributed by atoms with Gasteiger partial charge in [-0.25, -0.2) is 0 Å². The van der Waals surface area contributed by atoms with E-state index in [1.54, 1.807) is 0 Å². The molecular weight excluding hydrogens is 213 g/mol. The van der Waals surface area contributed by atoms with Crippen molar-refractivity contribution in [2.24, 2.45) is 5.41 Å². The molecule has 0 aromatic carbocycles.